The van der Waals surface area contributed by atoms with Crippen LogP contribution in [0.1, 0.15) is 31.1 Å². The van der Waals surface area contributed by atoms with Crippen molar-refractivity contribution in [3.8, 4) is 11.5 Å². The van der Waals surface area contributed by atoms with Gasteiger partial charge in [0.1, 0.15) is 11.5 Å². The number of hydrogen-bond acceptors (Lipinski definition) is 5. The maximum atomic E-state index is 11.9. The zero-order chi connectivity index (χ0) is 14.3. The molecule has 1 rings (SSSR count). The molecular weight excluding hydrogens is 248 g/mol. The van der Waals surface area contributed by atoms with Crippen LogP contribution in [0.4, 0.5) is 0 Å². The summed E-state index contributed by atoms with van der Waals surface area (Å²) >= 11 is 0. The van der Waals surface area contributed by atoms with Gasteiger partial charge in [-0.05, 0) is 32.9 Å². The fraction of sp³-hybridized carbons (Fsp3) is 0.429. The van der Waals surface area contributed by atoms with Gasteiger partial charge in [0, 0.05) is 6.07 Å². The first-order chi connectivity index (χ1) is 9.13. The predicted octanol–water partition coefficient (Wildman–Crippen LogP) is 2.23. The molecule has 0 atom stereocenters. The molecule has 0 spiro atoms. The van der Waals surface area contributed by atoms with Gasteiger partial charge >= 0.3 is 5.97 Å². The molecule has 0 aliphatic heterocycles. The number of hydrogen-bond donors (Lipinski definition) is 0. The van der Waals surface area contributed by atoms with Crippen molar-refractivity contribution in [2.75, 3.05) is 19.8 Å². The Hall–Kier alpha value is -2.04. The first-order valence-corrected chi connectivity index (χ1v) is 6.25. The summed E-state index contributed by atoms with van der Waals surface area (Å²) < 4.78 is 15.4. The van der Waals surface area contributed by atoms with Gasteiger partial charge in [0.05, 0.1) is 25.4 Å². The average Bonchev–Trinajstić information content (AvgIpc) is 2.39. The van der Waals surface area contributed by atoms with Crippen LogP contribution in [0.3, 0.4) is 0 Å². The van der Waals surface area contributed by atoms with Crippen LogP contribution in [0.15, 0.2) is 18.2 Å². The molecule has 0 N–H and O–H groups in total. The first kappa shape index (κ1) is 15.0. The third kappa shape index (κ3) is 3.98. The second-order valence-corrected chi connectivity index (χ2v) is 3.57. The Labute approximate surface area is 112 Å². The van der Waals surface area contributed by atoms with E-state index in [0.29, 0.717) is 24.7 Å². The van der Waals surface area contributed by atoms with Crippen molar-refractivity contribution in [3.63, 3.8) is 0 Å². The lowest BCUT2D eigenvalue weighted by Crippen LogP contribution is -2.18. The van der Waals surface area contributed by atoms with Crippen LogP contribution in [-0.2, 0) is 9.53 Å². The molecule has 0 unspecified atom stereocenters. The highest BCUT2D eigenvalue weighted by Gasteiger charge is 2.22. The molecule has 0 bridgehead atoms. The van der Waals surface area contributed by atoms with Gasteiger partial charge in [0.15, 0.2) is 0 Å². The molecule has 0 radical (unpaired) electrons. The molecule has 0 saturated carbocycles. The van der Waals surface area contributed by atoms with E-state index in [-0.39, 0.29) is 12.2 Å². The van der Waals surface area contributed by atoms with Crippen LogP contribution in [-0.4, -0.2) is 31.6 Å². The van der Waals surface area contributed by atoms with Crippen molar-refractivity contribution < 1.29 is 23.8 Å². The highest BCUT2D eigenvalue weighted by atomic mass is 16.5. The zero-order valence-electron chi connectivity index (χ0n) is 11.4. The van der Waals surface area contributed by atoms with Crippen LogP contribution in [0.25, 0.3) is 0 Å². The maximum Gasteiger partial charge on any atom is 0.379 e. The van der Waals surface area contributed by atoms with Gasteiger partial charge in [-0.25, -0.2) is 4.79 Å². The lowest BCUT2D eigenvalue weighted by Gasteiger charge is -2.11. The normalized spacial score (nSPS) is 9.84. The topological polar surface area (TPSA) is 61.8 Å². The summed E-state index contributed by atoms with van der Waals surface area (Å²) in [6.45, 7) is 6.36. The standard InChI is InChI=1S/C14H18O5/c1-4-17-10-7-8-11(12(9-10)18-5-2)13(15)14(16)19-6-3/h7-9H,4-6H2,1-3H3. The first-order valence-electron chi connectivity index (χ1n) is 6.25. The van der Waals surface area contributed by atoms with E-state index in [1.54, 1.807) is 26.0 Å². The second-order valence-electron chi connectivity index (χ2n) is 3.57. The number of carbonyl (C=O) groups is 2. The Kier molecular flexibility index (Phi) is 5.85. The van der Waals surface area contributed by atoms with Crippen molar-refractivity contribution in [1.29, 1.82) is 0 Å². The fourth-order valence-corrected chi connectivity index (χ4v) is 1.53. The van der Waals surface area contributed by atoms with Crippen molar-refractivity contribution in [2.45, 2.75) is 20.8 Å². The number of ketones is 1. The smallest absolute Gasteiger partial charge is 0.379 e. The Bertz CT molecular complexity index is 453. The zero-order valence-corrected chi connectivity index (χ0v) is 11.4. The molecule has 0 saturated heterocycles. The van der Waals surface area contributed by atoms with Gasteiger partial charge in [0.25, 0.3) is 5.78 Å². The summed E-state index contributed by atoms with van der Waals surface area (Å²) in [6.07, 6.45) is 0. The molecule has 104 valence electrons. The Balaban J connectivity index is 3.04. The van der Waals surface area contributed by atoms with E-state index in [1.807, 2.05) is 6.92 Å². The average molecular weight is 266 g/mol. The molecule has 1 aromatic carbocycles. The number of ether oxygens (including phenoxy) is 3. The molecule has 5 nitrogen and oxygen atoms in total. The summed E-state index contributed by atoms with van der Waals surface area (Å²) in [5, 5.41) is 0. The number of esters is 1. The summed E-state index contributed by atoms with van der Waals surface area (Å²) in [7, 11) is 0. The number of rotatable bonds is 7. The quantitative estimate of drug-likeness (QED) is 0.430. The largest absolute Gasteiger partial charge is 0.494 e. The van der Waals surface area contributed by atoms with Crippen LogP contribution < -0.4 is 9.47 Å². The molecule has 0 aliphatic carbocycles. The van der Waals surface area contributed by atoms with Crippen LogP contribution in [0, 0.1) is 0 Å². The summed E-state index contributed by atoms with van der Waals surface area (Å²) in [5.41, 5.74) is 0.184. The van der Waals surface area contributed by atoms with Gasteiger partial charge in [-0.2, -0.15) is 0 Å². The molecule has 5 heteroatoms. The maximum absolute atomic E-state index is 11.9. The van der Waals surface area contributed by atoms with Gasteiger partial charge in [-0.15, -0.1) is 0 Å². The molecule has 0 aromatic heterocycles. The Morgan fingerprint density at radius 1 is 1.00 bits per heavy atom. The van der Waals surface area contributed by atoms with E-state index in [0.717, 1.165) is 0 Å². The number of benzene rings is 1. The van der Waals surface area contributed by atoms with E-state index in [1.165, 1.54) is 6.07 Å². The number of Topliss-reactive ketones (excluding diaryl/α,β-unsaturated/α-hetero) is 1. The van der Waals surface area contributed by atoms with E-state index in [2.05, 4.69) is 0 Å². The van der Waals surface area contributed by atoms with Gasteiger partial charge < -0.3 is 14.2 Å². The molecule has 0 amide bonds. The van der Waals surface area contributed by atoms with Crippen LogP contribution in [0.2, 0.25) is 0 Å². The van der Waals surface area contributed by atoms with Gasteiger partial charge in [0.2, 0.25) is 0 Å². The van der Waals surface area contributed by atoms with E-state index in [4.69, 9.17) is 14.2 Å². The van der Waals surface area contributed by atoms with Crippen molar-refractivity contribution in [1.82, 2.24) is 0 Å². The van der Waals surface area contributed by atoms with Crippen LogP contribution in [0.5, 0.6) is 11.5 Å². The monoisotopic (exact) mass is 266 g/mol. The summed E-state index contributed by atoms with van der Waals surface area (Å²) in [6, 6.07) is 4.73. The molecule has 19 heavy (non-hydrogen) atoms. The predicted molar refractivity (Wildman–Crippen MR) is 69.7 cm³/mol. The van der Waals surface area contributed by atoms with Gasteiger partial charge in [-0.3, -0.25) is 4.79 Å². The second kappa shape index (κ2) is 7.41. The third-order valence-corrected chi connectivity index (χ3v) is 2.27. The lowest BCUT2D eigenvalue weighted by molar-refractivity contribution is -0.137. The Morgan fingerprint density at radius 2 is 1.68 bits per heavy atom. The van der Waals surface area contributed by atoms with E-state index >= 15 is 0 Å². The van der Waals surface area contributed by atoms with Crippen molar-refractivity contribution in [2.24, 2.45) is 0 Å². The summed E-state index contributed by atoms with van der Waals surface area (Å²) in [4.78, 5) is 23.4. The highest BCUT2D eigenvalue weighted by Crippen LogP contribution is 2.26. The highest BCUT2D eigenvalue weighted by molar-refractivity contribution is 6.41. The minimum atomic E-state index is -0.882. The van der Waals surface area contributed by atoms with Crippen molar-refractivity contribution >= 4 is 11.8 Å². The minimum absolute atomic E-state index is 0.158. The minimum Gasteiger partial charge on any atom is -0.494 e. The molecule has 0 heterocycles. The van der Waals surface area contributed by atoms with Crippen LogP contribution >= 0.6 is 0 Å². The lowest BCUT2D eigenvalue weighted by atomic mass is 10.1. The number of carbonyl (C=O) groups excluding carboxylic acids is 2. The van der Waals surface area contributed by atoms with Crippen molar-refractivity contribution in [3.05, 3.63) is 23.8 Å². The fourth-order valence-electron chi connectivity index (χ4n) is 1.53. The van der Waals surface area contributed by atoms with Gasteiger partial charge in [-0.1, -0.05) is 0 Å². The SMILES string of the molecule is CCOC(=O)C(=O)c1ccc(OCC)cc1OCC. The summed E-state index contributed by atoms with van der Waals surface area (Å²) in [5.74, 6) is -0.682. The molecular formula is C14H18O5. The van der Waals surface area contributed by atoms with E-state index in [9.17, 15) is 9.59 Å². The molecule has 0 aliphatic rings. The third-order valence-electron chi connectivity index (χ3n) is 2.27. The molecule has 1 aromatic rings. The van der Waals surface area contributed by atoms with E-state index < -0.39 is 11.8 Å². The molecule has 0 fully saturated rings. The Morgan fingerprint density at radius 3 is 2.26 bits per heavy atom.